The number of nitrogens with one attached hydrogen (secondary N) is 1. The summed E-state index contributed by atoms with van der Waals surface area (Å²) in [7, 11) is 1.70. The molecule has 3 N–H and O–H groups in total. The normalized spacial score (nSPS) is 24.7. The SMILES string of the molecule is COc1cccc([C@H]2COc3cc(O)ccc3[C@H]2c2ccc(N3CCC(CN4CCN(c5ccc6c(c5)CN(C5CCC(=O)NC5=O)C6O)CC4)CC3)cc2)c1. The summed E-state index contributed by atoms with van der Waals surface area (Å²) in [6.45, 7) is 8.21. The number of hydrogen-bond donors (Lipinski definition) is 3. The van der Waals surface area contributed by atoms with E-state index in [1.807, 2.05) is 29.2 Å². The number of aromatic hydroxyl groups is 1. The van der Waals surface area contributed by atoms with Crippen LogP contribution in [0.4, 0.5) is 11.4 Å². The third-order valence-corrected chi connectivity index (χ3v) is 12.8. The van der Waals surface area contributed by atoms with Crippen molar-refractivity contribution in [1.29, 1.82) is 0 Å². The number of fused-ring (bicyclic) bond motifs is 2. The molecule has 2 amide bonds. The summed E-state index contributed by atoms with van der Waals surface area (Å²) in [6, 6.07) is 28.6. The van der Waals surface area contributed by atoms with Gasteiger partial charge in [0.1, 0.15) is 23.5 Å². The van der Waals surface area contributed by atoms with Crippen molar-refractivity contribution in [3.63, 3.8) is 0 Å². The van der Waals surface area contributed by atoms with Gasteiger partial charge in [-0.2, -0.15) is 0 Å². The van der Waals surface area contributed by atoms with Crippen molar-refractivity contribution in [2.75, 3.05) is 69.3 Å². The van der Waals surface area contributed by atoms with E-state index in [0.717, 1.165) is 79.7 Å². The first-order valence-corrected chi connectivity index (χ1v) is 20.1. The third kappa shape index (κ3) is 7.19. The maximum Gasteiger partial charge on any atom is 0.244 e. The number of carbonyl (C=O) groups is 2. The topological polar surface area (TPSA) is 118 Å². The number of phenols is 1. The Kier molecular flexibility index (Phi) is 10.1. The molecule has 2 unspecified atom stereocenters. The molecule has 0 aliphatic carbocycles. The highest BCUT2D eigenvalue weighted by molar-refractivity contribution is 6.00. The Labute approximate surface area is 328 Å². The van der Waals surface area contributed by atoms with E-state index in [-0.39, 0.29) is 29.4 Å². The lowest BCUT2D eigenvalue weighted by atomic mass is 9.76. The molecule has 0 bridgehead atoms. The van der Waals surface area contributed by atoms with Gasteiger partial charge in [-0.05, 0) is 84.3 Å². The Bertz CT molecular complexity index is 2080. The van der Waals surface area contributed by atoms with Gasteiger partial charge < -0.3 is 29.5 Å². The van der Waals surface area contributed by atoms with Crippen LogP contribution in [0.1, 0.15) is 71.6 Å². The molecule has 4 aromatic carbocycles. The Balaban J connectivity index is 0.786. The van der Waals surface area contributed by atoms with Gasteiger partial charge in [-0.25, -0.2) is 0 Å². The minimum atomic E-state index is -0.837. The van der Waals surface area contributed by atoms with Crippen LogP contribution in [0.2, 0.25) is 0 Å². The molecule has 0 radical (unpaired) electrons. The minimum Gasteiger partial charge on any atom is -0.508 e. The zero-order chi connectivity index (χ0) is 38.3. The zero-order valence-corrected chi connectivity index (χ0v) is 32.0. The number of amides is 2. The number of carbonyl (C=O) groups excluding carboxylic acids is 2. The van der Waals surface area contributed by atoms with E-state index in [1.165, 1.54) is 29.7 Å². The predicted molar refractivity (Wildman–Crippen MR) is 214 cm³/mol. The van der Waals surface area contributed by atoms with Crippen LogP contribution in [0.25, 0.3) is 0 Å². The molecule has 5 heterocycles. The molecule has 5 aliphatic heterocycles. The van der Waals surface area contributed by atoms with Crippen LogP contribution < -0.4 is 24.6 Å². The van der Waals surface area contributed by atoms with E-state index < -0.39 is 12.3 Å². The van der Waals surface area contributed by atoms with Gasteiger partial charge in [0.15, 0.2) is 0 Å². The average Bonchev–Trinajstić information content (AvgIpc) is 3.55. The first kappa shape index (κ1) is 36.5. The summed E-state index contributed by atoms with van der Waals surface area (Å²) >= 11 is 0. The molecular formula is C45H51N5O6. The maximum atomic E-state index is 12.5. The van der Waals surface area contributed by atoms with Gasteiger partial charge in [0, 0.05) is 99.2 Å². The van der Waals surface area contributed by atoms with E-state index in [0.29, 0.717) is 31.9 Å². The number of piperidine rings is 2. The molecule has 5 aliphatic rings. The number of aliphatic hydroxyl groups excluding tert-OH is 1. The van der Waals surface area contributed by atoms with Crippen LogP contribution in [0.3, 0.4) is 0 Å². The molecule has 3 saturated heterocycles. The molecule has 11 nitrogen and oxygen atoms in total. The molecule has 0 aromatic heterocycles. The van der Waals surface area contributed by atoms with E-state index >= 15 is 0 Å². The second-order valence-electron chi connectivity index (χ2n) is 16.1. The number of hydrogen-bond acceptors (Lipinski definition) is 10. The van der Waals surface area contributed by atoms with Crippen molar-refractivity contribution in [2.45, 2.75) is 56.3 Å². The van der Waals surface area contributed by atoms with E-state index in [4.69, 9.17) is 9.47 Å². The van der Waals surface area contributed by atoms with Crippen LogP contribution in [-0.2, 0) is 16.1 Å². The lowest BCUT2D eigenvalue weighted by Gasteiger charge is -2.40. The fraction of sp³-hybridized carbons (Fsp3) is 0.422. The Hall–Kier alpha value is -5.10. The number of nitrogens with zero attached hydrogens (tertiary/aromatic N) is 4. The molecule has 11 heteroatoms. The third-order valence-electron chi connectivity index (χ3n) is 12.8. The van der Waals surface area contributed by atoms with E-state index in [2.05, 4.69) is 68.5 Å². The number of methoxy groups -OCH3 is 1. The second kappa shape index (κ2) is 15.4. The Morgan fingerprint density at radius 2 is 1.55 bits per heavy atom. The summed E-state index contributed by atoms with van der Waals surface area (Å²) in [5.41, 5.74) is 7.82. The fourth-order valence-electron chi connectivity index (χ4n) is 9.71. The van der Waals surface area contributed by atoms with Gasteiger partial charge in [-0.1, -0.05) is 36.4 Å². The van der Waals surface area contributed by atoms with Crippen LogP contribution >= 0.6 is 0 Å². The monoisotopic (exact) mass is 757 g/mol. The summed E-state index contributed by atoms with van der Waals surface area (Å²) in [5.74, 6) is 2.09. The summed E-state index contributed by atoms with van der Waals surface area (Å²) < 4.78 is 11.8. The van der Waals surface area contributed by atoms with Crippen molar-refractivity contribution >= 4 is 23.2 Å². The maximum absolute atomic E-state index is 12.5. The molecule has 3 fully saturated rings. The van der Waals surface area contributed by atoms with Crippen molar-refractivity contribution in [2.24, 2.45) is 5.92 Å². The van der Waals surface area contributed by atoms with Gasteiger partial charge in [0.2, 0.25) is 11.8 Å². The Morgan fingerprint density at radius 1 is 0.804 bits per heavy atom. The van der Waals surface area contributed by atoms with Crippen molar-refractivity contribution in [1.82, 2.24) is 15.1 Å². The molecule has 292 valence electrons. The molecule has 4 atom stereocenters. The minimum absolute atomic E-state index is 0.0812. The number of phenolic OH excluding ortho intramolecular Hbond substituents is 1. The Morgan fingerprint density at radius 3 is 2.32 bits per heavy atom. The van der Waals surface area contributed by atoms with Crippen LogP contribution in [0.15, 0.2) is 84.9 Å². The van der Waals surface area contributed by atoms with E-state index in [9.17, 15) is 19.8 Å². The highest BCUT2D eigenvalue weighted by Crippen LogP contribution is 2.48. The number of rotatable bonds is 8. The summed E-state index contributed by atoms with van der Waals surface area (Å²) in [4.78, 5) is 33.6. The van der Waals surface area contributed by atoms with Gasteiger partial charge in [0.25, 0.3) is 0 Å². The average molecular weight is 758 g/mol. The fourth-order valence-corrected chi connectivity index (χ4v) is 9.71. The molecular weight excluding hydrogens is 707 g/mol. The molecule has 9 rings (SSSR count). The van der Waals surface area contributed by atoms with Gasteiger partial charge in [0.05, 0.1) is 19.8 Å². The largest absolute Gasteiger partial charge is 0.508 e. The van der Waals surface area contributed by atoms with Gasteiger partial charge in [-0.15, -0.1) is 0 Å². The predicted octanol–water partition coefficient (Wildman–Crippen LogP) is 5.36. The first-order chi connectivity index (χ1) is 27.3. The quantitative estimate of drug-likeness (QED) is 0.203. The molecule has 4 aromatic rings. The second-order valence-corrected chi connectivity index (χ2v) is 16.1. The number of aliphatic hydroxyl groups is 1. The van der Waals surface area contributed by atoms with Crippen LogP contribution in [-0.4, -0.2) is 97.4 Å². The van der Waals surface area contributed by atoms with E-state index in [1.54, 1.807) is 19.2 Å². The highest BCUT2D eigenvalue weighted by atomic mass is 16.5. The number of piperazine rings is 1. The number of benzene rings is 4. The lowest BCUT2D eigenvalue weighted by Crippen LogP contribution is -2.51. The van der Waals surface area contributed by atoms with Crippen molar-refractivity contribution in [3.8, 4) is 17.2 Å². The summed E-state index contributed by atoms with van der Waals surface area (Å²) in [6.07, 6.45) is 2.24. The van der Waals surface area contributed by atoms with Gasteiger partial charge >= 0.3 is 0 Å². The van der Waals surface area contributed by atoms with Crippen molar-refractivity contribution < 1.29 is 29.3 Å². The number of anilines is 2. The molecule has 0 saturated carbocycles. The lowest BCUT2D eigenvalue weighted by molar-refractivity contribution is -0.141. The number of ether oxygens (including phenoxy) is 2. The molecule has 0 spiro atoms. The van der Waals surface area contributed by atoms with Crippen LogP contribution in [0.5, 0.6) is 17.2 Å². The molecule has 56 heavy (non-hydrogen) atoms. The smallest absolute Gasteiger partial charge is 0.244 e. The first-order valence-electron chi connectivity index (χ1n) is 20.1. The van der Waals surface area contributed by atoms with Crippen LogP contribution in [0, 0.1) is 5.92 Å². The van der Waals surface area contributed by atoms with Gasteiger partial charge in [-0.3, -0.25) is 24.7 Å². The standard InChI is InChI=1S/C45H51N5O6/c1-55-36-4-2-3-31(24-36)39-28-56-41-25-35(51)10-12-38(41)43(39)30-5-7-33(8-6-30)48-17-15-29(16-18-48)26-47-19-21-49(22-20-47)34-9-11-37-32(23-34)27-50(45(37)54)40-13-14-42(52)46-44(40)53/h2-12,23-25,29,39-40,43,45,51,54H,13-22,26-28H2,1H3,(H,46,52,53)/t39-,40?,43-,45?/m1/s1. The highest BCUT2D eigenvalue weighted by Gasteiger charge is 2.40. The summed E-state index contributed by atoms with van der Waals surface area (Å²) in [5, 5.41) is 23.6. The zero-order valence-electron chi connectivity index (χ0n) is 32.0. The van der Waals surface area contributed by atoms with Crippen molar-refractivity contribution in [3.05, 3.63) is 113 Å². The number of imide groups is 1.